The highest BCUT2D eigenvalue weighted by atomic mass is 16.1. The normalized spacial score (nSPS) is 14.5. The Kier molecular flexibility index (Phi) is 3.02. The predicted octanol–water partition coefficient (Wildman–Crippen LogP) is 2.72. The molecule has 0 radical (unpaired) electrons. The van der Waals surface area contributed by atoms with Crippen molar-refractivity contribution in [2.75, 3.05) is 0 Å². The fourth-order valence-electron chi connectivity index (χ4n) is 1.35. The molecule has 0 bridgehead atoms. The van der Waals surface area contributed by atoms with E-state index < -0.39 is 5.41 Å². The van der Waals surface area contributed by atoms with Gasteiger partial charge in [0.15, 0.2) is 0 Å². The number of carbonyl (C=O) groups excluding carboxylic acids is 1. The number of hydrogen-bond acceptors (Lipinski definition) is 1. The summed E-state index contributed by atoms with van der Waals surface area (Å²) in [5.74, 6) is 0. The lowest BCUT2D eigenvalue weighted by atomic mass is 9.81. The van der Waals surface area contributed by atoms with Gasteiger partial charge in [-0.25, -0.2) is 0 Å². The second-order valence-corrected chi connectivity index (χ2v) is 3.39. The maximum absolute atomic E-state index is 11.0. The molecule has 0 heterocycles. The van der Waals surface area contributed by atoms with Gasteiger partial charge in [0.05, 0.1) is 5.41 Å². The lowest BCUT2D eigenvalue weighted by Crippen LogP contribution is -2.22. The summed E-state index contributed by atoms with van der Waals surface area (Å²) in [4.78, 5) is 11.0. The number of rotatable bonds is 4. The van der Waals surface area contributed by atoms with Gasteiger partial charge in [0.1, 0.15) is 6.29 Å². The molecule has 1 unspecified atom stereocenters. The monoisotopic (exact) mass is 174 g/mol. The van der Waals surface area contributed by atoms with Crippen LogP contribution in [-0.4, -0.2) is 6.29 Å². The molecule has 0 fully saturated rings. The van der Waals surface area contributed by atoms with Gasteiger partial charge in [-0.1, -0.05) is 36.4 Å². The Morgan fingerprint density at radius 3 is 2.46 bits per heavy atom. The average molecular weight is 174 g/mol. The van der Waals surface area contributed by atoms with Crippen LogP contribution < -0.4 is 0 Å². The maximum atomic E-state index is 11.0. The third-order valence-corrected chi connectivity index (χ3v) is 2.26. The quantitative estimate of drug-likeness (QED) is 0.506. The molecule has 0 N–H and O–H groups in total. The van der Waals surface area contributed by atoms with Gasteiger partial charge in [-0.05, 0) is 18.9 Å². The van der Waals surface area contributed by atoms with E-state index in [1.807, 2.05) is 37.3 Å². The first-order chi connectivity index (χ1) is 6.23. The zero-order chi connectivity index (χ0) is 9.73. The molecule has 0 saturated carbocycles. The maximum Gasteiger partial charge on any atom is 0.130 e. The van der Waals surface area contributed by atoms with Gasteiger partial charge < -0.3 is 4.79 Å². The van der Waals surface area contributed by atoms with Crippen molar-refractivity contribution in [2.24, 2.45) is 0 Å². The van der Waals surface area contributed by atoms with Gasteiger partial charge in [-0.15, -0.1) is 6.58 Å². The molecule has 0 aromatic heterocycles. The largest absolute Gasteiger partial charge is 0.302 e. The lowest BCUT2D eigenvalue weighted by Gasteiger charge is -2.21. The first kappa shape index (κ1) is 9.72. The molecule has 0 aliphatic rings. The van der Waals surface area contributed by atoms with E-state index in [-0.39, 0.29) is 0 Å². The van der Waals surface area contributed by atoms with Crippen LogP contribution in [0.3, 0.4) is 0 Å². The van der Waals surface area contributed by atoms with E-state index in [9.17, 15) is 4.79 Å². The van der Waals surface area contributed by atoms with E-state index in [1.165, 1.54) is 0 Å². The first-order valence-corrected chi connectivity index (χ1v) is 4.36. The number of aldehydes is 1. The van der Waals surface area contributed by atoms with Crippen molar-refractivity contribution in [3.8, 4) is 0 Å². The fourth-order valence-corrected chi connectivity index (χ4v) is 1.35. The molecule has 0 spiro atoms. The molecule has 1 heteroatoms. The number of hydrogen-bond donors (Lipinski definition) is 0. The molecule has 1 rings (SSSR count). The minimum absolute atomic E-state index is 0.414. The van der Waals surface area contributed by atoms with Crippen LogP contribution in [0.2, 0.25) is 0 Å². The molecule has 0 aliphatic carbocycles. The van der Waals surface area contributed by atoms with Crippen LogP contribution in [0.5, 0.6) is 0 Å². The Hall–Kier alpha value is -1.37. The van der Waals surface area contributed by atoms with Crippen molar-refractivity contribution in [1.82, 2.24) is 0 Å². The molecule has 1 nitrogen and oxygen atoms in total. The summed E-state index contributed by atoms with van der Waals surface area (Å²) < 4.78 is 0. The Labute approximate surface area is 79.1 Å². The Morgan fingerprint density at radius 2 is 2.00 bits per heavy atom. The molecule has 13 heavy (non-hydrogen) atoms. The SMILES string of the molecule is C=CCC(C)(C=O)c1ccccc1. The second kappa shape index (κ2) is 4.04. The summed E-state index contributed by atoms with van der Waals surface area (Å²) in [6, 6.07) is 9.78. The van der Waals surface area contributed by atoms with E-state index in [0.29, 0.717) is 6.42 Å². The summed E-state index contributed by atoms with van der Waals surface area (Å²) in [5.41, 5.74) is 0.633. The van der Waals surface area contributed by atoms with Crippen LogP contribution >= 0.6 is 0 Å². The molecule has 1 atom stereocenters. The molecular formula is C12H14O. The zero-order valence-corrected chi connectivity index (χ0v) is 7.86. The molecule has 68 valence electrons. The Morgan fingerprint density at radius 1 is 1.38 bits per heavy atom. The summed E-state index contributed by atoms with van der Waals surface area (Å²) in [6.45, 7) is 5.59. The van der Waals surface area contributed by atoms with Crippen LogP contribution in [0, 0.1) is 0 Å². The van der Waals surface area contributed by atoms with Gasteiger partial charge in [-0.2, -0.15) is 0 Å². The summed E-state index contributed by atoms with van der Waals surface area (Å²) >= 11 is 0. The summed E-state index contributed by atoms with van der Waals surface area (Å²) in [6.07, 6.45) is 3.45. The third-order valence-electron chi connectivity index (χ3n) is 2.26. The standard InChI is InChI=1S/C12H14O/c1-3-9-12(2,10-13)11-7-5-4-6-8-11/h3-8,10H,1,9H2,2H3. The highest BCUT2D eigenvalue weighted by molar-refractivity contribution is 5.68. The summed E-state index contributed by atoms with van der Waals surface area (Å²) in [7, 11) is 0. The van der Waals surface area contributed by atoms with Gasteiger partial charge in [0.2, 0.25) is 0 Å². The molecule has 1 aromatic carbocycles. The highest BCUT2D eigenvalue weighted by Crippen LogP contribution is 2.25. The van der Waals surface area contributed by atoms with Crippen molar-refractivity contribution < 1.29 is 4.79 Å². The molecule has 0 aliphatic heterocycles. The van der Waals surface area contributed by atoms with Crippen molar-refractivity contribution in [2.45, 2.75) is 18.8 Å². The lowest BCUT2D eigenvalue weighted by molar-refractivity contribution is -0.112. The van der Waals surface area contributed by atoms with Crippen molar-refractivity contribution in [3.63, 3.8) is 0 Å². The van der Waals surface area contributed by atoms with E-state index in [4.69, 9.17) is 0 Å². The minimum atomic E-state index is -0.414. The van der Waals surface area contributed by atoms with Crippen molar-refractivity contribution in [1.29, 1.82) is 0 Å². The van der Waals surface area contributed by atoms with Crippen LogP contribution in [-0.2, 0) is 10.2 Å². The van der Waals surface area contributed by atoms with Gasteiger partial charge in [0.25, 0.3) is 0 Å². The van der Waals surface area contributed by atoms with Crippen molar-refractivity contribution >= 4 is 6.29 Å². The highest BCUT2D eigenvalue weighted by Gasteiger charge is 2.23. The van der Waals surface area contributed by atoms with Crippen LogP contribution in [0.15, 0.2) is 43.0 Å². The predicted molar refractivity (Wildman–Crippen MR) is 54.7 cm³/mol. The number of carbonyl (C=O) groups is 1. The van der Waals surface area contributed by atoms with Crippen LogP contribution in [0.1, 0.15) is 18.9 Å². The third kappa shape index (κ3) is 2.05. The van der Waals surface area contributed by atoms with E-state index in [2.05, 4.69) is 6.58 Å². The molecule has 1 aromatic rings. The fraction of sp³-hybridized carbons (Fsp3) is 0.250. The molecule has 0 amide bonds. The zero-order valence-electron chi connectivity index (χ0n) is 7.86. The molecule has 0 saturated heterocycles. The van der Waals surface area contributed by atoms with Crippen LogP contribution in [0.4, 0.5) is 0 Å². The first-order valence-electron chi connectivity index (χ1n) is 4.36. The average Bonchev–Trinajstić information content (AvgIpc) is 2.19. The molecular weight excluding hydrogens is 160 g/mol. The van der Waals surface area contributed by atoms with Gasteiger partial charge in [-0.3, -0.25) is 0 Å². The van der Waals surface area contributed by atoms with Gasteiger partial charge in [0, 0.05) is 0 Å². The van der Waals surface area contributed by atoms with E-state index in [1.54, 1.807) is 6.08 Å². The Balaban J connectivity index is 3.02. The summed E-state index contributed by atoms with van der Waals surface area (Å²) in [5, 5.41) is 0. The minimum Gasteiger partial charge on any atom is -0.302 e. The number of allylic oxidation sites excluding steroid dienone is 1. The van der Waals surface area contributed by atoms with Gasteiger partial charge >= 0.3 is 0 Å². The van der Waals surface area contributed by atoms with Crippen LogP contribution in [0.25, 0.3) is 0 Å². The topological polar surface area (TPSA) is 17.1 Å². The Bertz CT molecular complexity index is 289. The second-order valence-electron chi connectivity index (χ2n) is 3.39. The number of benzene rings is 1. The van der Waals surface area contributed by atoms with E-state index in [0.717, 1.165) is 11.8 Å². The van der Waals surface area contributed by atoms with E-state index >= 15 is 0 Å². The van der Waals surface area contributed by atoms with Crippen molar-refractivity contribution in [3.05, 3.63) is 48.6 Å². The smallest absolute Gasteiger partial charge is 0.130 e.